The summed E-state index contributed by atoms with van der Waals surface area (Å²) in [5.41, 5.74) is 7.09. The maximum Gasteiger partial charge on any atom is 0.188 e. The molecule has 1 aliphatic rings. The van der Waals surface area contributed by atoms with Crippen LogP contribution >= 0.6 is 0 Å². The second-order valence-corrected chi connectivity index (χ2v) is 4.50. The lowest BCUT2D eigenvalue weighted by atomic mass is 10.2. The molecule has 17 heavy (non-hydrogen) atoms. The Bertz CT molecular complexity index is 355. The first kappa shape index (κ1) is 11.9. The van der Waals surface area contributed by atoms with Crippen molar-refractivity contribution in [3.63, 3.8) is 0 Å². The molecule has 1 aromatic heterocycles. The summed E-state index contributed by atoms with van der Waals surface area (Å²) < 4.78 is 0. The Morgan fingerprint density at radius 2 is 2.06 bits per heavy atom. The van der Waals surface area contributed by atoms with Gasteiger partial charge >= 0.3 is 0 Å². The zero-order valence-corrected chi connectivity index (χ0v) is 10.1. The van der Waals surface area contributed by atoms with Crippen molar-refractivity contribution in [2.75, 3.05) is 6.54 Å². The molecule has 0 spiro atoms. The number of aromatic nitrogens is 1. The van der Waals surface area contributed by atoms with Crippen LogP contribution in [0.15, 0.2) is 29.5 Å². The van der Waals surface area contributed by atoms with E-state index in [9.17, 15) is 0 Å². The summed E-state index contributed by atoms with van der Waals surface area (Å²) in [5.74, 6) is 0.589. The predicted molar refractivity (Wildman–Crippen MR) is 69.8 cm³/mol. The van der Waals surface area contributed by atoms with Crippen LogP contribution in [-0.4, -0.2) is 23.5 Å². The number of hydrogen-bond acceptors (Lipinski definition) is 2. The smallest absolute Gasteiger partial charge is 0.188 e. The molecule has 1 saturated carbocycles. The normalized spacial score (nSPS) is 17.3. The minimum Gasteiger partial charge on any atom is -0.370 e. The van der Waals surface area contributed by atoms with Gasteiger partial charge in [-0.05, 0) is 37.0 Å². The Kier molecular flexibility index (Phi) is 4.36. The topological polar surface area (TPSA) is 63.3 Å². The quantitative estimate of drug-likeness (QED) is 0.610. The first-order valence-electron chi connectivity index (χ1n) is 6.30. The SMILES string of the molecule is NC(=NCCc1ccncc1)NC1CCCC1. The molecule has 0 aromatic carbocycles. The predicted octanol–water partition coefficient (Wildman–Crippen LogP) is 1.47. The van der Waals surface area contributed by atoms with E-state index < -0.39 is 0 Å². The van der Waals surface area contributed by atoms with E-state index in [-0.39, 0.29) is 0 Å². The molecule has 0 saturated heterocycles. The molecule has 0 amide bonds. The fraction of sp³-hybridized carbons (Fsp3) is 0.538. The van der Waals surface area contributed by atoms with E-state index in [0.29, 0.717) is 12.0 Å². The highest BCUT2D eigenvalue weighted by atomic mass is 15.1. The molecule has 0 radical (unpaired) electrons. The summed E-state index contributed by atoms with van der Waals surface area (Å²) in [5, 5.41) is 3.28. The van der Waals surface area contributed by atoms with Crippen LogP contribution in [0.3, 0.4) is 0 Å². The highest BCUT2D eigenvalue weighted by Crippen LogP contribution is 2.17. The van der Waals surface area contributed by atoms with Crippen molar-refractivity contribution in [2.45, 2.75) is 38.1 Å². The Morgan fingerprint density at radius 1 is 1.35 bits per heavy atom. The summed E-state index contributed by atoms with van der Waals surface area (Å²) in [4.78, 5) is 8.33. The van der Waals surface area contributed by atoms with Crippen LogP contribution in [0, 0.1) is 0 Å². The van der Waals surface area contributed by atoms with Crippen LogP contribution in [0.2, 0.25) is 0 Å². The van der Waals surface area contributed by atoms with Crippen LogP contribution in [-0.2, 0) is 6.42 Å². The molecule has 4 nitrogen and oxygen atoms in total. The second kappa shape index (κ2) is 6.23. The molecular formula is C13H20N4. The number of aliphatic imine (C=N–C) groups is 1. The van der Waals surface area contributed by atoms with Gasteiger partial charge in [0.2, 0.25) is 0 Å². The summed E-state index contributed by atoms with van der Waals surface area (Å²) in [6.45, 7) is 0.732. The van der Waals surface area contributed by atoms with Crippen molar-refractivity contribution < 1.29 is 0 Å². The van der Waals surface area contributed by atoms with Gasteiger partial charge in [-0.3, -0.25) is 9.98 Å². The van der Waals surface area contributed by atoms with Gasteiger partial charge in [0.05, 0.1) is 0 Å². The zero-order chi connectivity index (χ0) is 11.9. The van der Waals surface area contributed by atoms with Gasteiger partial charge in [0, 0.05) is 25.0 Å². The minimum absolute atomic E-state index is 0.541. The van der Waals surface area contributed by atoms with Crippen LogP contribution < -0.4 is 11.1 Å². The van der Waals surface area contributed by atoms with Gasteiger partial charge in [0.15, 0.2) is 5.96 Å². The van der Waals surface area contributed by atoms with Gasteiger partial charge in [-0.1, -0.05) is 12.8 Å². The van der Waals surface area contributed by atoms with Gasteiger partial charge in [0.1, 0.15) is 0 Å². The largest absolute Gasteiger partial charge is 0.370 e. The van der Waals surface area contributed by atoms with Crippen molar-refractivity contribution in [2.24, 2.45) is 10.7 Å². The number of pyridine rings is 1. The lowest BCUT2D eigenvalue weighted by Gasteiger charge is -2.12. The molecule has 2 rings (SSSR count). The van der Waals surface area contributed by atoms with E-state index >= 15 is 0 Å². The molecule has 4 heteroatoms. The average molecular weight is 232 g/mol. The van der Waals surface area contributed by atoms with Crippen molar-refractivity contribution in [1.29, 1.82) is 0 Å². The highest BCUT2D eigenvalue weighted by molar-refractivity contribution is 5.78. The van der Waals surface area contributed by atoms with Gasteiger partial charge in [-0.25, -0.2) is 0 Å². The van der Waals surface area contributed by atoms with Crippen molar-refractivity contribution >= 4 is 5.96 Å². The van der Waals surface area contributed by atoms with Gasteiger partial charge in [-0.2, -0.15) is 0 Å². The maximum absolute atomic E-state index is 5.84. The summed E-state index contributed by atoms with van der Waals surface area (Å²) in [6, 6.07) is 4.56. The number of nitrogens with two attached hydrogens (primary N) is 1. The van der Waals surface area contributed by atoms with Crippen LogP contribution in [0.25, 0.3) is 0 Å². The fourth-order valence-electron chi connectivity index (χ4n) is 2.18. The van der Waals surface area contributed by atoms with Crippen molar-refractivity contribution in [1.82, 2.24) is 10.3 Å². The van der Waals surface area contributed by atoms with Crippen LogP contribution in [0.5, 0.6) is 0 Å². The van der Waals surface area contributed by atoms with Gasteiger partial charge in [-0.15, -0.1) is 0 Å². The highest BCUT2D eigenvalue weighted by Gasteiger charge is 2.14. The molecule has 0 atom stereocenters. The molecule has 1 aromatic rings. The first-order chi connectivity index (χ1) is 8.34. The van der Waals surface area contributed by atoms with E-state index in [1.165, 1.54) is 31.2 Å². The Labute approximate surface area is 102 Å². The fourth-order valence-corrected chi connectivity index (χ4v) is 2.18. The molecule has 92 valence electrons. The molecule has 3 N–H and O–H groups in total. The standard InChI is InChI=1S/C13H20N4/c14-13(17-12-3-1-2-4-12)16-10-7-11-5-8-15-9-6-11/h5-6,8-9,12H,1-4,7,10H2,(H3,14,16,17). The van der Waals surface area contributed by atoms with Crippen molar-refractivity contribution in [3.05, 3.63) is 30.1 Å². The van der Waals surface area contributed by atoms with E-state index in [1.807, 2.05) is 12.1 Å². The zero-order valence-electron chi connectivity index (χ0n) is 10.1. The second-order valence-electron chi connectivity index (χ2n) is 4.50. The van der Waals surface area contributed by atoms with E-state index in [2.05, 4.69) is 15.3 Å². The number of guanidine groups is 1. The third kappa shape index (κ3) is 4.06. The molecule has 0 aliphatic heterocycles. The number of nitrogens with one attached hydrogen (secondary N) is 1. The summed E-state index contributed by atoms with van der Waals surface area (Å²) in [6.07, 6.45) is 9.58. The molecule has 1 fully saturated rings. The average Bonchev–Trinajstić information content (AvgIpc) is 2.83. The molecule has 1 heterocycles. The molecule has 0 unspecified atom stereocenters. The number of hydrogen-bond donors (Lipinski definition) is 2. The summed E-state index contributed by atoms with van der Waals surface area (Å²) >= 11 is 0. The first-order valence-corrected chi connectivity index (χ1v) is 6.30. The molecular weight excluding hydrogens is 212 g/mol. The van der Waals surface area contributed by atoms with Crippen molar-refractivity contribution in [3.8, 4) is 0 Å². The van der Waals surface area contributed by atoms with Crippen LogP contribution in [0.4, 0.5) is 0 Å². The minimum atomic E-state index is 0.541. The van der Waals surface area contributed by atoms with E-state index in [0.717, 1.165) is 13.0 Å². The number of nitrogens with zero attached hydrogens (tertiary/aromatic N) is 2. The lowest BCUT2D eigenvalue weighted by Crippen LogP contribution is -2.38. The summed E-state index contributed by atoms with van der Waals surface area (Å²) in [7, 11) is 0. The van der Waals surface area contributed by atoms with Gasteiger partial charge in [0.25, 0.3) is 0 Å². The van der Waals surface area contributed by atoms with Gasteiger partial charge < -0.3 is 11.1 Å². The molecule has 0 bridgehead atoms. The Balaban J connectivity index is 1.72. The Hall–Kier alpha value is -1.58. The third-order valence-electron chi connectivity index (χ3n) is 3.14. The van der Waals surface area contributed by atoms with E-state index in [4.69, 9.17) is 5.73 Å². The maximum atomic E-state index is 5.84. The third-order valence-corrected chi connectivity index (χ3v) is 3.14. The molecule has 1 aliphatic carbocycles. The lowest BCUT2D eigenvalue weighted by molar-refractivity contribution is 0.625. The van der Waals surface area contributed by atoms with Crippen LogP contribution in [0.1, 0.15) is 31.2 Å². The monoisotopic (exact) mass is 232 g/mol. The van der Waals surface area contributed by atoms with E-state index in [1.54, 1.807) is 12.4 Å². The number of rotatable bonds is 4. The Morgan fingerprint density at radius 3 is 2.76 bits per heavy atom.